The average Bonchev–Trinajstić information content (AvgIpc) is 3.44. The van der Waals surface area contributed by atoms with Crippen molar-refractivity contribution in [3.63, 3.8) is 0 Å². The molecule has 9 nitrogen and oxygen atoms in total. The highest BCUT2D eigenvalue weighted by Crippen LogP contribution is 2.41. The molecule has 2 aromatic heterocycles. The van der Waals surface area contributed by atoms with Gasteiger partial charge in [0, 0.05) is 29.8 Å². The molecule has 2 aliphatic heterocycles. The summed E-state index contributed by atoms with van der Waals surface area (Å²) in [6.45, 7) is 4.69. The van der Waals surface area contributed by atoms with E-state index in [1.54, 1.807) is 12.4 Å². The fraction of sp³-hybridized carbons (Fsp3) is 0.417. The van der Waals surface area contributed by atoms with E-state index in [9.17, 15) is 10.4 Å². The molecule has 9 heteroatoms. The van der Waals surface area contributed by atoms with Crippen LogP contribution in [-0.2, 0) is 5.41 Å². The van der Waals surface area contributed by atoms with Gasteiger partial charge in [0.2, 0.25) is 5.95 Å². The summed E-state index contributed by atoms with van der Waals surface area (Å²) in [7, 11) is 2.15. The summed E-state index contributed by atoms with van der Waals surface area (Å²) >= 11 is 0. The molecular weight excluding hydrogens is 416 g/mol. The van der Waals surface area contributed by atoms with Crippen molar-refractivity contribution < 1.29 is 5.11 Å². The van der Waals surface area contributed by atoms with Gasteiger partial charge in [0.25, 0.3) is 0 Å². The lowest BCUT2D eigenvalue weighted by Crippen LogP contribution is -2.32. The van der Waals surface area contributed by atoms with E-state index < -0.39 is 5.41 Å². The summed E-state index contributed by atoms with van der Waals surface area (Å²) in [6, 6.07) is 10.3. The number of nitriles is 1. The van der Waals surface area contributed by atoms with Crippen LogP contribution in [0.3, 0.4) is 0 Å². The first-order valence-electron chi connectivity index (χ1n) is 11.3. The average molecular weight is 445 g/mol. The van der Waals surface area contributed by atoms with Gasteiger partial charge in [-0.25, -0.2) is 14.6 Å². The zero-order valence-electron chi connectivity index (χ0n) is 18.9. The number of anilines is 3. The Morgan fingerprint density at radius 2 is 2.09 bits per heavy atom. The van der Waals surface area contributed by atoms with Crippen LogP contribution in [0.25, 0.3) is 11.3 Å². The molecule has 2 aliphatic rings. The number of fused-ring (bicyclic) bond motifs is 1. The molecular formula is C24H28N8O. The Bertz CT molecular complexity index is 1210. The minimum absolute atomic E-state index is 0.00114. The summed E-state index contributed by atoms with van der Waals surface area (Å²) in [5.74, 6) is 1.34. The highest BCUT2D eigenvalue weighted by atomic mass is 16.3. The van der Waals surface area contributed by atoms with Crippen molar-refractivity contribution >= 4 is 17.5 Å². The molecule has 3 aromatic rings. The third-order valence-electron chi connectivity index (χ3n) is 6.81. The third kappa shape index (κ3) is 3.92. The lowest BCUT2D eigenvalue weighted by molar-refractivity contribution is 0.214. The van der Waals surface area contributed by atoms with Crippen LogP contribution >= 0.6 is 0 Å². The molecule has 170 valence electrons. The normalized spacial score (nSPS) is 20.8. The van der Waals surface area contributed by atoms with Crippen molar-refractivity contribution in [3.8, 4) is 17.3 Å². The van der Waals surface area contributed by atoms with E-state index in [2.05, 4.69) is 38.7 Å². The lowest BCUT2D eigenvalue weighted by Gasteiger charge is -2.30. The number of hydrogen-bond donors (Lipinski definition) is 3. The number of nitrogens with zero attached hydrogens (tertiary/aromatic N) is 6. The van der Waals surface area contributed by atoms with E-state index >= 15 is 0 Å². The van der Waals surface area contributed by atoms with Gasteiger partial charge in [0.1, 0.15) is 11.9 Å². The van der Waals surface area contributed by atoms with Crippen LogP contribution < -0.4 is 10.6 Å². The second kappa shape index (κ2) is 8.46. The van der Waals surface area contributed by atoms with Gasteiger partial charge >= 0.3 is 0 Å². The fourth-order valence-corrected chi connectivity index (χ4v) is 4.70. The molecule has 3 N–H and O–H groups in total. The number of hydrogen-bond acceptors (Lipinski definition) is 8. The number of benzene rings is 1. The van der Waals surface area contributed by atoms with Gasteiger partial charge in [-0.3, -0.25) is 0 Å². The van der Waals surface area contributed by atoms with Gasteiger partial charge in [-0.05, 0) is 56.7 Å². The molecule has 0 bridgehead atoms. The number of piperidine rings is 1. The number of likely N-dealkylation sites (tertiary alicyclic amines) is 1. The van der Waals surface area contributed by atoms with Crippen LogP contribution in [0.1, 0.15) is 36.9 Å². The topological polar surface area (TPSA) is 115 Å². The standard InChI is InChI=1S/C24H28N8O/c1-24(15-33)14-27-22-17(13-25)11-16(12-19(22)24)20-3-7-26-23(29-20)30-21-4-8-28-32(21)18-5-9-31(2)10-6-18/h3-4,7-8,11-12,18,27,33H,5-6,9-10,14-15H2,1-2H3,(H,26,29,30). The van der Waals surface area contributed by atoms with Crippen molar-refractivity contribution in [2.24, 2.45) is 0 Å². The van der Waals surface area contributed by atoms with Crippen LogP contribution in [0, 0.1) is 11.3 Å². The van der Waals surface area contributed by atoms with E-state index in [1.807, 2.05) is 35.9 Å². The van der Waals surface area contributed by atoms with Crippen molar-refractivity contribution in [2.45, 2.75) is 31.2 Å². The van der Waals surface area contributed by atoms with E-state index in [0.29, 0.717) is 29.8 Å². The summed E-state index contributed by atoms with van der Waals surface area (Å²) in [5, 5.41) is 30.8. The van der Waals surface area contributed by atoms with Crippen LogP contribution in [0.5, 0.6) is 0 Å². The quantitative estimate of drug-likeness (QED) is 0.550. The predicted molar refractivity (Wildman–Crippen MR) is 126 cm³/mol. The molecule has 0 radical (unpaired) electrons. The number of nitrogens with one attached hydrogen (secondary N) is 2. The largest absolute Gasteiger partial charge is 0.395 e. The van der Waals surface area contributed by atoms with Crippen molar-refractivity contribution in [1.29, 1.82) is 5.26 Å². The molecule has 1 saturated heterocycles. The summed E-state index contributed by atoms with van der Waals surface area (Å²) in [5.41, 5.74) is 3.38. The van der Waals surface area contributed by atoms with Gasteiger partial charge in [0.05, 0.1) is 35.8 Å². The molecule has 1 aromatic carbocycles. The number of aromatic nitrogens is 4. The minimum Gasteiger partial charge on any atom is -0.395 e. The Morgan fingerprint density at radius 3 is 2.85 bits per heavy atom. The molecule has 4 heterocycles. The lowest BCUT2D eigenvalue weighted by atomic mass is 9.83. The van der Waals surface area contributed by atoms with Crippen LogP contribution in [0.4, 0.5) is 17.5 Å². The Hall–Kier alpha value is -3.48. The van der Waals surface area contributed by atoms with Crippen LogP contribution in [0.15, 0.2) is 36.7 Å². The second-order valence-corrected chi connectivity index (χ2v) is 9.22. The fourth-order valence-electron chi connectivity index (χ4n) is 4.70. The van der Waals surface area contributed by atoms with Gasteiger partial charge in [0.15, 0.2) is 0 Å². The molecule has 1 fully saturated rings. The van der Waals surface area contributed by atoms with Gasteiger partial charge in [-0.1, -0.05) is 6.92 Å². The SMILES string of the molecule is CN1CCC(n2nccc2Nc2nccc(-c3cc(C#N)c4c(c3)C(C)(CO)CN4)n2)CC1. The van der Waals surface area contributed by atoms with E-state index in [-0.39, 0.29) is 6.61 Å². The number of aliphatic hydroxyl groups excluding tert-OH is 1. The Kier molecular flexibility index (Phi) is 5.48. The van der Waals surface area contributed by atoms with E-state index in [0.717, 1.165) is 48.6 Å². The molecule has 0 amide bonds. The number of aliphatic hydroxyl groups is 1. The maximum Gasteiger partial charge on any atom is 0.228 e. The maximum atomic E-state index is 9.96. The Labute approximate surface area is 193 Å². The molecule has 33 heavy (non-hydrogen) atoms. The van der Waals surface area contributed by atoms with Crippen LogP contribution in [-0.4, -0.2) is 63.0 Å². The Morgan fingerprint density at radius 1 is 1.27 bits per heavy atom. The van der Waals surface area contributed by atoms with Crippen molar-refractivity contribution in [1.82, 2.24) is 24.6 Å². The van der Waals surface area contributed by atoms with Crippen molar-refractivity contribution in [2.75, 3.05) is 43.9 Å². The second-order valence-electron chi connectivity index (χ2n) is 9.22. The smallest absolute Gasteiger partial charge is 0.228 e. The monoisotopic (exact) mass is 444 g/mol. The van der Waals surface area contributed by atoms with Gasteiger partial charge < -0.3 is 20.6 Å². The van der Waals surface area contributed by atoms with Gasteiger partial charge in [-0.15, -0.1) is 0 Å². The van der Waals surface area contributed by atoms with Crippen molar-refractivity contribution in [3.05, 3.63) is 47.8 Å². The van der Waals surface area contributed by atoms with Crippen LogP contribution in [0.2, 0.25) is 0 Å². The first kappa shape index (κ1) is 21.4. The zero-order valence-corrected chi connectivity index (χ0v) is 18.9. The summed E-state index contributed by atoms with van der Waals surface area (Å²) in [4.78, 5) is 11.5. The molecule has 0 spiro atoms. The molecule has 0 aliphatic carbocycles. The van der Waals surface area contributed by atoms with E-state index in [1.165, 1.54) is 0 Å². The number of rotatable bonds is 5. The molecule has 1 atom stereocenters. The molecule has 0 saturated carbocycles. The predicted octanol–water partition coefficient (Wildman–Crippen LogP) is 2.90. The molecule has 5 rings (SSSR count). The first-order valence-corrected chi connectivity index (χ1v) is 11.3. The third-order valence-corrected chi connectivity index (χ3v) is 6.81. The first-order chi connectivity index (χ1) is 16.0. The van der Waals surface area contributed by atoms with Gasteiger partial charge in [-0.2, -0.15) is 10.4 Å². The zero-order chi connectivity index (χ0) is 23.0. The molecule has 1 unspecified atom stereocenters. The summed E-state index contributed by atoms with van der Waals surface area (Å²) in [6.07, 6.45) is 5.62. The minimum atomic E-state index is -0.439. The maximum absolute atomic E-state index is 9.96. The Balaban J connectivity index is 1.45. The summed E-state index contributed by atoms with van der Waals surface area (Å²) < 4.78 is 2.03. The highest BCUT2D eigenvalue weighted by molar-refractivity contribution is 5.76. The highest BCUT2D eigenvalue weighted by Gasteiger charge is 2.36. The van der Waals surface area contributed by atoms with E-state index in [4.69, 9.17) is 4.98 Å².